The number of hydrogen-bond donors (Lipinski definition) is 0. The second-order valence-corrected chi connectivity index (χ2v) is 16.6. The van der Waals surface area contributed by atoms with Crippen LogP contribution in [0.3, 0.4) is 0 Å². The third kappa shape index (κ3) is 8.56. The van der Waals surface area contributed by atoms with Crippen LogP contribution in [0.2, 0.25) is 0 Å². The molecular formula is C58H51IrN3O-2. The number of furan rings is 1. The Labute approximate surface area is 390 Å². The summed E-state index contributed by atoms with van der Waals surface area (Å²) in [6.45, 7) is 10.3. The summed E-state index contributed by atoms with van der Waals surface area (Å²) in [5.41, 5.74) is 14.4. The van der Waals surface area contributed by atoms with Crippen molar-refractivity contribution in [2.24, 2.45) is 0 Å². The van der Waals surface area contributed by atoms with Crippen LogP contribution < -0.4 is 0 Å². The minimum absolute atomic E-state index is 0. The molecule has 3 heterocycles. The first-order valence-electron chi connectivity index (χ1n) is 23.3. The number of nitrogens with zero attached hydrogens (tertiary/aromatic N) is 3. The van der Waals surface area contributed by atoms with Gasteiger partial charge < -0.3 is 14.0 Å². The molecule has 0 bridgehead atoms. The van der Waals surface area contributed by atoms with Crippen molar-refractivity contribution in [2.75, 3.05) is 0 Å². The molecule has 10 aromatic rings. The topological polar surface area (TPSA) is 43.9 Å². The average molecular weight is 1000 g/mol. The predicted octanol–water partition coefficient (Wildman–Crippen LogP) is 16.0. The van der Waals surface area contributed by atoms with E-state index in [1.54, 1.807) is 12.3 Å². The third-order valence-corrected chi connectivity index (χ3v) is 11.5. The van der Waals surface area contributed by atoms with Crippen LogP contribution in [0.15, 0.2) is 168 Å². The fourth-order valence-electron chi connectivity index (χ4n) is 8.24. The third-order valence-electron chi connectivity index (χ3n) is 11.5. The molecule has 315 valence electrons. The van der Waals surface area contributed by atoms with Crippen LogP contribution in [0, 0.1) is 19.0 Å². The molecule has 1 radical (unpaired) electrons. The molecule has 0 aliphatic carbocycles. The summed E-state index contributed by atoms with van der Waals surface area (Å²) in [6.07, 6.45) is 1.77. The maximum Gasteiger partial charge on any atom is 0.121 e. The zero-order valence-electron chi connectivity index (χ0n) is 40.3. The number of fused-ring (bicyclic) bond motifs is 4. The minimum Gasteiger partial charge on any atom is -0.501 e. The summed E-state index contributed by atoms with van der Waals surface area (Å²) < 4.78 is 42.3. The molecule has 0 aliphatic heterocycles. The summed E-state index contributed by atoms with van der Waals surface area (Å²) in [7, 11) is 0. The molecule has 0 fully saturated rings. The number of aromatic nitrogens is 3. The summed E-state index contributed by atoms with van der Waals surface area (Å²) in [5.74, 6) is 0.465. The number of rotatable bonds is 8. The van der Waals surface area contributed by atoms with E-state index in [0.717, 1.165) is 50.1 Å². The molecule has 3 aromatic heterocycles. The van der Waals surface area contributed by atoms with Crippen LogP contribution in [0.4, 0.5) is 0 Å². The van der Waals surface area contributed by atoms with Crippen LogP contribution >= 0.6 is 0 Å². The van der Waals surface area contributed by atoms with Gasteiger partial charge in [-0.15, -0.1) is 53.6 Å². The first kappa shape index (κ1) is 38.3. The van der Waals surface area contributed by atoms with E-state index in [2.05, 4.69) is 104 Å². The van der Waals surface area contributed by atoms with Gasteiger partial charge in [-0.2, -0.15) is 0 Å². The van der Waals surface area contributed by atoms with E-state index in [1.165, 1.54) is 22.3 Å². The van der Waals surface area contributed by atoms with Gasteiger partial charge in [0.15, 0.2) is 0 Å². The molecule has 0 N–H and O–H groups in total. The van der Waals surface area contributed by atoms with Gasteiger partial charge in [0, 0.05) is 42.9 Å². The summed E-state index contributed by atoms with van der Waals surface area (Å²) in [4.78, 5) is 9.61. The first-order chi connectivity index (χ1) is 31.7. The Kier molecular flexibility index (Phi) is 11.3. The predicted molar refractivity (Wildman–Crippen MR) is 259 cm³/mol. The van der Waals surface area contributed by atoms with Crippen molar-refractivity contribution in [3.8, 4) is 50.6 Å². The van der Waals surface area contributed by atoms with Crippen LogP contribution in [0.25, 0.3) is 83.6 Å². The second kappa shape index (κ2) is 18.5. The van der Waals surface area contributed by atoms with E-state index >= 15 is 0 Å². The molecule has 0 spiro atoms. The molecule has 0 saturated carbocycles. The fourth-order valence-corrected chi connectivity index (χ4v) is 8.24. The van der Waals surface area contributed by atoms with E-state index in [9.17, 15) is 0 Å². The van der Waals surface area contributed by atoms with Crippen molar-refractivity contribution in [3.63, 3.8) is 0 Å². The van der Waals surface area contributed by atoms with Gasteiger partial charge in [0.1, 0.15) is 5.58 Å². The van der Waals surface area contributed by atoms with Gasteiger partial charge in [0.2, 0.25) is 0 Å². The Morgan fingerprint density at radius 1 is 0.667 bits per heavy atom. The second-order valence-electron chi connectivity index (χ2n) is 16.6. The van der Waals surface area contributed by atoms with Crippen molar-refractivity contribution in [1.82, 2.24) is 14.5 Å². The molecular weight excluding hydrogens is 947 g/mol. The van der Waals surface area contributed by atoms with E-state index in [-0.39, 0.29) is 37.5 Å². The molecule has 5 heteroatoms. The zero-order chi connectivity index (χ0) is 46.3. The van der Waals surface area contributed by atoms with E-state index < -0.39 is 12.7 Å². The standard InChI is InChI=1S/C44H37N2O.C14H14N.Ir/c1-27(2)36-24-33(31-16-10-7-11-17-31)25-37(28(3)4)42(36)46-39-19-13-12-18-38(39)45-44(46)35-22-20-29(5)41-34-23-21-32(26-40(34)47-43(35)41)30-14-8-6-9-15-30;1-11(2)13-8-9-14(15-10-13)12-6-4-3-5-7-12;/h6-21,23-28H,1-5H3;3-6,8-11H,1-2H3;/q2*-1;/i5D3;11D;. The molecule has 0 aliphatic rings. The zero-order valence-corrected chi connectivity index (χ0v) is 38.7. The first-order valence-corrected chi connectivity index (χ1v) is 21.3. The van der Waals surface area contributed by atoms with E-state index in [4.69, 9.17) is 14.9 Å². The Morgan fingerprint density at radius 2 is 1.33 bits per heavy atom. The van der Waals surface area contributed by atoms with Crippen molar-refractivity contribution in [2.45, 2.75) is 66.1 Å². The SMILES string of the molecule is [2H]C(C)(C)c1ccc(-c2[c-]cccc2)nc1.[2H]C([2H])([2H])c1c[c-]c(-c2nc3ccccc3n2-c2c(C(C)C)cc(-c3ccccc3)cc2C(C)C)c2oc3cc(-c4ccccc4)ccc3c12.[Ir]. The van der Waals surface area contributed by atoms with Crippen molar-refractivity contribution >= 4 is 33.0 Å². The fraction of sp³-hybridized carbons (Fsp3) is 0.172. The molecule has 0 saturated heterocycles. The summed E-state index contributed by atoms with van der Waals surface area (Å²) in [6, 6.07) is 59.2. The Bertz CT molecular complexity index is 3290. The van der Waals surface area contributed by atoms with Gasteiger partial charge in [0.25, 0.3) is 0 Å². The quantitative estimate of drug-likeness (QED) is 0.143. The van der Waals surface area contributed by atoms with Crippen LogP contribution in [0.5, 0.6) is 0 Å². The number of benzene rings is 7. The Morgan fingerprint density at radius 3 is 1.95 bits per heavy atom. The molecule has 0 unspecified atom stereocenters. The maximum atomic E-state index is 8.48. The minimum atomic E-state index is -2.37. The number of para-hydroxylation sites is 2. The van der Waals surface area contributed by atoms with E-state index in [1.807, 2.05) is 111 Å². The average Bonchev–Trinajstić information content (AvgIpc) is 3.90. The molecule has 0 amide bonds. The molecule has 63 heavy (non-hydrogen) atoms. The van der Waals surface area contributed by atoms with Crippen molar-refractivity contribution in [1.29, 1.82) is 0 Å². The van der Waals surface area contributed by atoms with Crippen molar-refractivity contribution in [3.05, 3.63) is 198 Å². The van der Waals surface area contributed by atoms with Gasteiger partial charge in [-0.1, -0.05) is 156 Å². The van der Waals surface area contributed by atoms with Gasteiger partial charge in [-0.25, -0.2) is 0 Å². The number of imidazole rings is 1. The smallest absolute Gasteiger partial charge is 0.121 e. The van der Waals surface area contributed by atoms with Gasteiger partial charge in [-0.05, 0) is 92.7 Å². The van der Waals surface area contributed by atoms with Crippen molar-refractivity contribution < 1.29 is 30.0 Å². The number of hydrogen-bond acceptors (Lipinski definition) is 3. The normalized spacial score (nSPS) is 12.7. The largest absolute Gasteiger partial charge is 0.501 e. The summed E-state index contributed by atoms with van der Waals surface area (Å²) >= 11 is 0. The van der Waals surface area contributed by atoms with Gasteiger partial charge in [-0.3, -0.25) is 4.98 Å². The molecule has 4 nitrogen and oxygen atoms in total. The molecule has 10 rings (SSSR count). The maximum absolute atomic E-state index is 8.48. The number of aryl methyl sites for hydroxylation is 1. The van der Waals surface area contributed by atoms with Crippen LogP contribution in [-0.4, -0.2) is 14.5 Å². The Balaban J connectivity index is 0.000000303. The van der Waals surface area contributed by atoms with Gasteiger partial charge >= 0.3 is 0 Å². The van der Waals surface area contributed by atoms with Crippen LogP contribution in [0.1, 0.15) is 87.0 Å². The monoisotopic (exact) mass is 1000 g/mol. The van der Waals surface area contributed by atoms with Gasteiger partial charge in [0.05, 0.1) is 22.4 Å². The van der Waals surface area contributed by atoms with Crippen LogP contribution in [-0.2, 0) is 20.1 Å². The Hall–Kier alpha value is -6.39. The summed E-state index contributed by atoms with van der Waals surface area (Å²) in [5, 5.41) is 1.32. The molecule has 7 aromatic carbocycles. The molecule has 0 atom stereocenters. The number of pyridine rings is 1. The van der Waals surface area contributed by atoms with E-state index in [0.29, 0.717) is 27.9 Å².